The minimum Gasteiger partial charge on any atom is -0.422 e. The van der Waals surface area contributed by atoms with Gasteiger partial charge in [0.25, 0.3) is 0 Å². The average molecular weight is 591 g/mol. The smallest absolute Gasteiger partial charge is 0.343 e. The lowest BCUT2D eigenvalue weighted by Gasteiger charge is -2.07. The molecule has 44 heavy (non-hydrogen) atoms. The van der Waals surface area contributed by atoms with Crippen molar-refractivity contribution in [1.29, 1.82) is 0 Å². The van der Waals surface area contributed by atoms with E-state index in [2.05, 4.69) is 21.1 Å². The number of para-hydroxylation sites is 2. The first-order valence-electron chi connectivity index (χ1n) is 13.9. The topological polar surface area (TPSA) is 136 Å². The molecular weight excluding hydrogens is 560 g/mol. The van der Waals surface area contributed by atoms with Gasteiger partial charge in [-0.15, -0.1) is 0 Å². The summed E-state index contributed by atoms with van der Waals surface area (Å²) in [4.78, 5) is 49.1. The number of hydrogen-bond acceptors (Lipinski definition) is 8. The van der Waals surface area contributed by atoms with Gasteiger partial charge in [-0.2, -0.15) is 10.2 Å². The fraction of sp³-hybridized carbons (Fsp3) is 0.118. The molecule has 4 aromatic carbocycles. The zero-order chi connectivity index (χ0) is 31.0. The van der Waals surface area contributed by atoms with E-state index in [0.717, 1.165) is 0 Å². The number of carbonyl (C=O) groups excluding carboxylic acids is 4. The normalized spacial score (nSPS) is 10.8. The van der Waals surface area contributed by atoms with E-state index < -0.39 is 11.9 Å². The second kappa shape index (κ2) is 16.5. The molecule has 2 N–H and O–H groups in total. The van der Waals surface area contributed by atoms with Crippen LogP contribution in [-0.2, 0) is 9.59 Å². The lowest BCUT2D eigenvalue weighted by Crippen LogP contribution is -2.19. The molecule has 0 aromatic heterocycles. The summed E-state index contributed by atoms with van der Waals surface area (Å²) in [6.45, 7) is 0. The van der Waals surface area contributed by atoms with Crippen LogP contribution in [-0.4, -0.2) is 36.2 Å². The van der Waals surface area contributed by atoms with Gasteiger partial charge in [-0.3, -0.25) is 9.59 Å². The summed E-state index contributed by atoms with van der Waals surface area (Å²) in [5, 5.41) is 7.92. The molecule has 2 amide bonds. The number of hydrazone groups is 2. The number of benzene rings is 4. The van der Waals surface area contributed by atoms with Gasteiger partial charge < -0.3 is 9.47 Å². The zero-order valence-electron chi connectivity index (χ0n) is 23.7. The second-order valence-corrected chi connectivity index (χ2v) is 9.38. The molecule has 0 fully saturated rings. The van der Waals surface area contributed by atoms with E-state index in [0.29, 0.717) is 46.6 Å². The molecule has 0 bridgehead atoms. The highest BCUT2D eigenvalue weighted by Gasteiger charge is 2.12. The van der Waals surface area contributed by atoms with Crippen LogP contribution < -0.4 is 20.3 Å². The van der Waals surface area contributed by atoms with Crippen LogP contribution in [0.15, 0.2) is 119 Å². The van der Waals surface area contributed by atoms with Crippen molar-refractivity contribution in [2.24, 2.45) is 10.2 Å². The molecule has 0 aliphatic carbocycles. The fourth-order valence-electron chi connectivity index (χ4n) is 3.86. The van der Waals surface area contributed by atoms with Crippen molar-refractivity contribution < 1.29 is 28.7 Å². The standard InChI is InChI=1S/C34H30N4O6/c39-31(37-35-23-27-17-7-9-19-29(27)43-33(41)25-13-3-1-4-14-25)21-11-12-22-32(40)38-36-24-28-18-8-10-20-30(28)44-34(42)26-15-5-2-6-16-26/h1-10,13-20,23-24H,11-12,21-22H2,(H,37,39)(H,38,40). The molecule has 0 saturated carbocycles. The Hall–Kier alpha value is -5.90. The van der Waals surface area contributed by atoms with Gasteiger partial charge in [0, 0.05) is 24.0 Å². The molecule has 10 heteroatoms. The van der Waals surface area contributed by atoms with Crippen molar-refractivity contribution in [1.82, 2.24) is 10.9 Å². The monoisotopic (exact) mass is 590 g/mol. The summed E-state index contributed by atoms with van der Waals surface area (Å²) in [5.74, 6) is -1.02. The van der Waals surface area contributed by atoms with Gasteiger partial charge in [0.2, 0.25) is 11.8 Å². The van der Waals surface area contributed by atoms with E-state index in [4.69, 9.17) is 9.47 Å². The summed E-state index contributed by atoms with van der Waals surface area (Å²) in [5.41, 5.74) is 6.76. The van der Waals surface area contributed by atoms with Crippen molar-refractivity contribution in [3.05, 3.63) is 131 Å². The van der Waals surface area contributed by atoms with Gasteiger partial charge in [-0.05, 0) is 61.4 Å². The van der Waals surface area contributed by atoms with Crippen molar-refractivity contribution in [3.8, 4) is 11.5 Å². The number of esters is 2. The van der Waals surface area contributed by atoms with Gasteiger partial charge in [0.05, 0.1) is 23.6 Å². The molecule has 0 spiro atoms. The molecule has 0 atom stereocenters. The Labute approximate surface area is 254 Å². The fourth-order valence-corrected chi connectivity index (χ4v) is 3.86. The molecule has 0 aliphatic rings. The largest absolute Gasteiger partial charge is 0.422 e. The zero-order valence-corrected chi connectivity index (χ0v) is 23.7. The van der Waals surface area contributed by atoms with Crippen LogP contribution in [0.5, 0.6) is 11.5 Å². The summed E-state index contributed by atoms with van der Waals surface area (Å²) >= 11 is 0. The minimum atomic E-state index is -0.501. The summed E-state index contributed by atoms with van der Waals surface area (Å²) in [6, 6.07) is 30.9. The van der Waals surface area contributed by atoms with Crippen LogP contribution in [0.2, 0.25) is 0 Å². The Morgan fingerprint density at radius 2 is 0.886 bits per heavy atom. The SMILES string of the molecule is O=C(CCCCC(=O)NN=Cc1ccccc1OC(=O)c1ccccc1)NN=Cc1ccccc1OC(=O)c1ccccc1. The number of hydrogen-bond donors (Lipinski definition) is 2. The maximum absolute atomic E-state index is 12.4. The van der Waals surface area contributed by atoms with E-state index in [1.165, 1.54) is 12.4 Å². The Balaban J connectivity index is 1.16. The molecule has 0 heterocycles. The number of amides is 2. The third-order valence-corrected chi connectivity index (χ3v) is 6.11. The van der Waals surface area contributed by atoms with Gasteiger partial charge in [-0.1, -0.05) is 60.7 Å². The minimum absolute atomic E-state index is 0.165. The summed E-state index contributed by atoms with van der Waals surface area (Å²) < 4.78 is 10.9. The Morgan fingerprint density at radius 1 is 0.523 bits per heavy atom. The summed E-state index contributed by atoms with van der Waals surface area (Å²) in [7, 11) is 0. The van der Waals surface area contributed by atoms with Crippen LogP contribution in [0, 0.1) is 0 Å². The van der Waals surface area contributed by atoms with E-state index in [1.54, 1.807) is 97.1 Å². The van der Waals surface area contributed by atoms with Crippen LogP contribution in [0.3, 0.4) is 0 Å². The van der Waals surface area contributed by atoms with Crippen molar-refractivity contribution in [2.75, 3.05) is 0 Å². The average Bonchev–Trinajstić information content (AvgIpc) is 3.05. The number of carbonyl (C=O) groups is 4. The Morgan fingerprint density at radius 3 is 1.30 bits per heavy atom. The molecule has 0 aliphatic heterocycles. The van der Waals surface area contributed by atoms with Crippen LogP contribution in [0.1, 0.15) is 57.5 Å². The van der Waals surface area contributed by atoms with Gasteiger partial charge in [0.15, 0.2) is 0 Å². The van der Waals surface area contributed by atoms with Crippen LogP contribution >= 0.6 is 0 Å². The lowest BCUT2D eigenvalue weighted by molar-refractivity contribution is -0.123. The first kappa shape index (κ1) is 31.0. The highest BCUT2D eigenvalue weighted by Crippen LogP contribution is 2.19. The first-order valence-corrected chi connectivity index (χ1v) is 13.9. The third-order valence-electron chi connectivity index (χ3n) is 6.11. The molecule has 0 unspecified atom stereocenters. The molecule has 0 radical (unpaired) electrons. The van der Waals surface area contributed by atoms with Crippen molar-refractivity contribution in [3.63, 3.8) is 0 Å². The molecule has 4 aromatic rings. The number of unbranched alkanes of at least 4 members (excludes halogenated alkanes) is 1. The highest BCUT2D eigenvalue weighted by atomic mass is 16.5. The van der Waals surface area contributed by atoms with E-state index in [1.807, 2.05) is 12.1 Å². The van der Waals surface area contributed by atoms with E-state index in [9.17, 15) is 19.2 Å². The summed E-state index contributed by atoms with van der Waals surface area (Å²) in [6.07, 6.45) is 4.05. The molecular formula is C34H30N4O6. The third kappa shape index (κ3) is 9.88. The number of nitrogens with zero attached hydrogens (tertiary/aromatic N) is 2. The molecule has 10 nitrogen and oxygen atoms in total. The van der Waals surface area contributed by atoms with Gasteiger partial charge >= 0.3 is 11.9 Å². The number of rotatable bonds is 13. The van der Waals surface area contributed by atoms with Crippen molar-refractivity contribution >= 4 is 36.2 Å². The maximum atomic E-state index is 12.4. The van der Waals surface area contributed by atoms with E-state index >= 15 is 0 Å². The van der Waals surface area contributed by atoms with Crippen molar-refractivity contribution in [2.45, 2.75) is 25.7 Å². The van der Waals surface area contributed by atoms with Crippen LogP contribution in [0.4, 0.5) is 0 Å². The predicted octanol–water partition coefficient (Wildman–Crippen LogP) is 5.29. The molecule has 4 rings (SSSR count). The Kier molecular flexibility index (Phi) is 11.7. The molecule has 0 saturated heterocycles. The maximum Gasteiger partial charge on any atom is 0.343 e. The number of nitrogens with one attached hydrogen (secondary N) is 2. The van der Waals surface area contributed by atoms with Gasteiger partial charge in [-0.25, -0.2) is 20.4 Å². The first-order chi connectivity index (χ1) is 21.5. The number of ether oxygens (including phenoxy) is 2. The van der Waals surface area contributed by atoms with Gasteiger partial charge in [0.1, 0.15) is 11.5 Å². The van der Waals surface area contributed by atoms with Crippen LogP contribution in [0.25, 0.3) is 0 Å². The lowest BCUT2D eigenvalue weighted by atomic mass is 10.2. The highest BCUT2D eigenvalue weighted by molar-refractivity contribution is 5.94. The Bertz CT molecular complexity index is 1520. The quantitative estimate of drug-likeness (QED) is 0.0715. The predicted molar refractivity (Wildman–Crippen MR) is 166 cm³/mol. The molecule has 222 valence electrons. The van der Waals surface area contributed by atoms with E-state index in [-0.39, 0.29) is 24.7 Å². The second-order valence-electron chi connectivity index (χ2n) is 9.38.